The third-order valence-corrected chi connectivity index (χ3v) is 6.59. The van der Waals surface area contributed by atoms with Crippen LogP contribution in [0.15, 0.2) is 36.4 Å². The monoisotopic (exact) mass is 498 g/mol. The van der Waals surface area contributed by atoms with Crippen molar-refractivity contribution in [3.63, 3.8) is 0 Å². The first-order valence-electron chi connectivity index (χ1n) is 12.1. The molecule has 194 valence electrons. The summed E-state index contributed by atoms with van der Waals surface area (Å²) in [6.45, 7) is 4.42. The van der Waals surface area contributed by atoms with Crippen LogP contribution in [0.2, 0.25) is 0 Å². The minimum absolute atomic E-state index is 0.0378. The summed E-state index contributed by atoms with van der Waals surface area (Å²) in [6.07, 6.45) is 0.650. The Morgan fingerprint density at radius 1 is 0.889 bits per heavy atom. The van der Waals surface area contributed by atoms with Gasteiger partial charge >= 0.3 is 0 Å². The molecule has 2 heterocycles. The smallest absolute Gasteiger partial charge is 0.254 e. The van der Waals surface area contributed by atoms with E-state index in [-0.39, 0.29) is 23.9 Å². The van der Waals surface area contributed by atoms with Gasteiger partial charge < -0.3 is 28.7 Å². The SMILES string of the molecule is CCOc1ccc(C2CC(C(=O)N3CCN(C(=O)c4cc(OC)c(OC)c(OC)c4)CC3)NN2)cc1. The summed E-state index contributed by atoms with van der Waals surface area (Å²) in [5.41, 5.74) is 7.93. The van der Waals surface area contributed by atoms with E-state index in [1.807, 2.05) is 36.1 Å². The highest BCUT2D eigenvalue weighted by Crippen LogP contribution is 2.38. The lowest BCUT2D eigenvalue weighted by Gasteiger charge is -2.36. The largest absolute Gasteiger partial charge is 0.494 e. The number of amides is 2. The van der Waals surface area contributed by atoms with E-state index in [0.29, 0.717) is 62.0 Å². The summed E-state index contributed by atoms with van der Waals surface area (Å²) >= 11 is 0. The molecule has 4 rings (SSSR count). The van der Waals surface area contributed by atoms with Gasteiger partial charge in [0.25, 0.3) is 5.91 Å². The van der Waals surface area contributed by atoms with Crippen LogP contribution in [0.5, 0.6) is 23.0 Å². The average Bonchev–Trinajstić information content (AvgIpc) is 3.42. The fourth-order valence-corrected chi connectivity index (χ4v) is 4.64. The molecule has 0 saturated carbocycles. The number of benzene rings is 2. The van der Waals surface area contributed by atoms with Gasteiger partial charge in [-0.05, 0) is 43.2 Å². The number of methoxy groups -OCH3 is 3. The van der Waals surface area contributed by atoms with Crippen LogP contribution in [0, 0.1) is 0 Å². The molecule has 2 aliphatic heterocycles. The van der Waals surface area contributed by atoms with Crippen LogP contribution in [0.25, 0.3) is 0 Å². The zero-order chi connectivity index (χ0) is 25.7. The minimum atomic E-state index is -0.320. The number of nitrogens with zero attached hydrogens (tertiary/aromatic N) is 2. The van der Waals surface area contributed by atoms with E-state index in [1.54, 1.807) is 17.0 Å². The van der Waals surface area contributed by atoms with Gasteiger partial charge in [-0.15, -0.1) is 0 Å². The Kier molecular flexibility index (Phi) is 8.17. The predicted octanol–water partition coefficient (Wildman–Crippen LogP) is 2.00. The molecule has 2 amide bonds. The fourth-order valence-electron chi connectivity index (χ4n) is 4.64. The van der Waals surface area contributed by atoms with Crippen LogP contribution >= 0.6 is 0 Å². The number of ether oxygens (including phenoxy) is 4. The number of hydrogen-bond acceptors (Lipinski definition) is 8. The van der Waals surface area contributed by atoms with Gasteiger partial charge in [-0.3, -0.25) is 9.59 Å². The molecule has 0 aliphatic carbocycles. The highest BCUT2D eigenvalue weighted by atomic mass is 16.5. The number of hydrazine groups is 1. The summed E-state index contributed by atoms with van der Waals surface area (Å²) in [6, 6.07) is 10.9. The van der Waals surface area contributed by atoms with Crippen LogP contribution in [0.1, 0.15) is 35.3 Å². The summed E-state index contributed by atoms with van der Waals surface area (Å²) in [4.78, 5) is 29.9. The van der Waals surface area contributed by atoms with Crippen molar-refractivity contribution in [3.05, 3.63) is 47.5 Å². The Morgan fingerprint density at radius 3 is 2.06 bits per heavy atom. The number of rotatable bonds is 8. The third-order valence-electron chi connectivity index (χ3n) is 6.59. The van der Waals surface area contributed by atoms with Gasteiger partial charge in [0.2, 0.25) is 11.7 Å². The maximum atomic E-state index is 13.2. The van der Waals surface area contributed by atoms with E-state index in [2.05, 4.69) is 10.9 Å². The van der Waals surface area contributed by atoms with E-state index < -0.39 is 0 Å². The number of carbonyl (C=O) groups excluding carboxylic acids is 2. The second-order valence-electron chi connectivity index (χ2n) is 8.66. The highest BCUT2D eigenvalue weighted by Gasteiger charge is 2.35. The van der Waals surface area contributed by atoms with Crippen LogP contribution < -0.4 is 29.8 Å². The molecule has 2 atom stereocenters. The lowest BCUT2D eigenvalue weighted by atomic mass is 10.0. The van der Waals surface area contributed by atoms with Gasteiger partial charge in [0.05, 0.1) is 27.9 Å². The number of hydrogen-bond donors (Lipinski definition) is 2. The Morgan fingerprint density at radius 2 is 1.50 bits per heavy atom. The van der Waals surface area contributed by atoms with Crippen LogP contribution in [-0.4, -0.2) is 81.8 Å². The molecule has 0 bridgehead atoms. The lowest BCUT2D eigenvalue weighted by Crippen LogP contribution is -2.54. The lowest BCUT2D eigenvalue weighted by molar-refractivity contribution is -0.134. The molecule has 2 saturated heterocycles. The molecule has 2 aliphatic rings. The minimum Gasteiger partial charge on any atom is -0.494 e. The van der Waals surface area contributed by atoms with E-state index in [0.717, 1.165) is 11.3 Å². The van der Waals surface area contributed by atoms with Crippen molar-refractivity contribution < 1.29 is 28.5 Å². The second kappa shape index (κ2) is 11.5. The average molecular weight is 499 g/mol. The van der Waals surface area contributed by atoms with Crippen LogP contribution in [-0.2, 0) is 4.79 Å². The maximum absolute atomic E-state index is 13.2. The first-order chi connectivity index (χ1) is 17.5. The second-order valence-corrected chi connectivity index (χ2v) is 8.66. The first kappa shape index (κ1) is 25.6. The standard InChI is InChI=1S/C26H34N4O6/c1-5-36-19-8-6-17(7-9-19)20-16-21(28-27-20)26(32)30-12-10-29(11-13-30)25(31)18-14-22(33-2)24(35-4)23(15-18)34-3/h6-9,14-15,20-21,27-28H,5,10-13,16H2,1-4H3. The Balaban J connectivity index is 1.33. The van der Waals surface area contributed by atoms with Crippen molar-refractivity contribution in [1.29, 1.82) is 0 Å². The Hall–Kier alpha value is -3.50. The Labute approximate surface area is 211 Å². The fraction of sp³-hybridized carbons (Fsp3) is 0.462. The molecule has 10 nitrogen and oxygen atoms in total. The van der Waals surface area contributed by atoms with E-state index in [4.69, 9.17) is 18.9 Å². The summed E-state index contributed by atoms with van der Waals surface area (Å²) in [5.74, 6) is 2.02. The van der Waals surface area contributed by atoms with Crippen molar-refractivity contribution in [2.24, 2.45) is 0 Å². The van der Waals surface area contributed by atoms with Crippen molar-refractivity contribution in [2.45, 2.75) is 25.4 Å². The molecule has 36 heavy (non-hydrogen) atoms. The number of piperazine rings is 1. The molecule has 10 heteroatoms. The van der Waals surface area contributed by atoms with Crippen molar-refractivity contribution >= 4 is 11.8 Å². The molecule has 2 N–H and O–H groups in total. The molecule has 2 fully saturated rings. The molecular weight excluding hydrogens is 464 g/mol. The zero-order valence-corrected chi connectivity index (χ0v) is 21.2. The Bertz CT molecular complexity index is 1040. The van der Waals surface area contributed by atoms with Gasteiger partial charge in [-0.2, -0.15) is 0 Å². The molecule has 2 aromatic rings. The summed E-state index contributed by atoms with van der Waals surface area (Å²) < 4.78 is 21.6. The van der Waals surface area contributed by atoms with Crippen LogP contribution in [0.4, 0.5) is 0 Å². The molecule has 2 aromatic carbocycles. The normalized spacial score (nSPS) is 19.7. The van der Waals surface area contributed by atoms with E-state index in [1.165, 1.54) is 21.3 Å². The van der Waals surface area contributed by atoms with Crippen molar-refractivity contribution in [2.75, 3.05) is 54.1 Å². The topological polar surface area (TPSA) is 102 Å². The van der Waals surface area contributed by atoms with Gasteiger partial charge in [0.15, 0.2) is 11.5 Å². The molecule has 0 radical (unpaired) electrons. The summed E-state index contributed by atoms with van der Waals surface area (Å²) in [7, 11) is 4.55. The van der Waals surface area contributed by atoms with E-state index >= 15 is 0 Å². The zero-order valence-electron chi connectivity index (χ0n) is 21.2. The van der Waals surface area contributed by atoms with Gasteiger partial charge in [0, 0.05) is 37.8 Å². The van der Waals surface area contributed by atoms with Gasteiger partial charge in [0.1, 0.15) is 11.8 Å². The number of carbonyl (C=O) groups is 2. The van der Waals surface area contributed by atoms with Gasteiger partial charge in [-0.1, -0.05) is 12.1 Å². The molecule has 0 aromatic heterocycles. The van der Waals surface area contributed by atoms with Crippen molar-refractivity contribution in [1.82, 2.24) is 20.7 Å². The highest BCUT2D eigenvalue weighted by molar-refractivity contribution is 5.96. The van der Waals surface area contributed by atoms with Crippen molar-refractivity contribution in [3.8, 4) is 23.0 Å². The maximum Gasteiger partial charge on any atom is 0.254 e. The first-order valence-corrected chi connectivity index (χ1v) is 12.1. The van der Waals surface area contributed by atoms with Gasteiger partial charge in [-0.25, -0.2) is 10.9 Å². The molecule has 0 spiro atoms. The molecule has 2 unspecified atom stereocenters. The van der Waals surface area contributed by atoms with Crippen LogP contribution in [0.3, 0.4) is 0 Å². The summed E-state index contributed by atoms with van der Waals surface area (Å²) in [5, 5.41) is 0. The third kappa shape index (κ3) is 5.34. The number of nitrogens with one attached hydrogen (secondary N) is 2. The molecular formula is C26H34N4O6. The van der Waals surface area contributed by atoms with E-state index in [9.17, 15) is 9.59 Å². The predicted molar refractivity (Wildman–Crippen MR) is 134 cm³/mol. The quantitative estimate of drug-likeness (QED) is 0.570.